The summed E-state index contributed by atoms with van der Waals surface area (Å²) in [7, 11) is 0. The van der Waals surface area contributed by atoms with E-state index in [-0.39, 0.29) is 12.1 Å². The molecule has 0 spiro atoms. The minimum atomic E-state index is -0.0858. The number of rotatable bonds is 1. The van der Waals surface area contributed by atoms with Gasteiger partial charge in [-0.1, -0.05) is 0 Å². The summed E-state index contributed by atoms with van der Waals surface area (Å²) in [6.07, 6.45) is 0. The van der Waals surface area contributed by atoms with Crippen LogP contribution < -0.4 is 11.3 Å². The van der Waals surface area contributed by atoms with E-state index in [1.54, 1.807) is 0 Å². The zero-order valence-electron chi connectivity index (χ0n) is 8.05. The first-order chi connectivity index (χ1) is 6.63. The Kier molecular flexibility index (Phi) is 2.13. The second-order valence-electron chi connectivity index (χ2n) is 3.18. The van der Waals surface area contributed by atoms with Gasteiger partial charge in [0.1, 0.15) is 10.7 Å². The Labute approximate surface area is 84.8 Å². The van der Waals surface area contributed by atoms with E-state index in [9.17, 15) is 4.79 Å². The highest BCUT2D eigenvalue weighted by molar-refractivity contribution is 7.18. The van der Waals surface area contributed by atoms with E-state index < -0.39 is 0 Å². The van der Waals surface area contributed by atoms with Crippen LogP contribution in [0.1, 0.15) is 16.3 Å². The number of aromatic nitrogens is 2. The molecule has 4 nitrogen and oxygen atoms in total. The lowest BCUT2D eigenvalue weighted by Gasteiger charge is -1.95. The third-order valence-corrected chi connectivity index (χ3v) is 3.38. The summed E-state index contributed by atoms with van der Waals surface area (Å²) in [5, 5.41) is 0.699. The Morgan fingerprint density at radius 2 is 2.21 bits per heavy atom. The highest BCUT2D eigenvalue weighted by Crippen LogP contribution is 2.25. The van der Waals surface area contributed by atoms with Gasteiger partial charge in [-0.05, 0) is 19.4 Å². The molecule has 0 bridgehead atoms. The number of aromatic amines is 1. The predicted octanol–water partition coefficient (Wildman–Crippen LogP) is 1.06. The molecule has 2 aromatic heterocycles. The van der Waals surface area contributed by atoms with E-state index in [0.29, 0.717) is 11.2 Å². The SMILES string of the molecule is Cc1sc2nc(CN)[nH]c(=O)c2c1C. The van der Waals surface area contributed by atoms with E-state index in [1.807, 2.05) is 13.8 Å². The lowest BCUT2D eigenvalue weighted by atomic mass is 10.2. The fourth-order valence-corrected chi connectivity index (χ4v) is 2.44. The number of hydrogen-bond donors (Lipinski definition) is 2. The molecule has 0 amide bonds. The maximum Gasteiger partial charge on any atom is 0.259 e. The quantitative estimate of drug-likeness (QED) is 0.737. The van der Waals surface area contributed by atoms with Crippen LogP contribution in [0.3, 0.4) is 0 Å². The van der Waals surface area contributed by atoms with Crippen molar-refractivity contribution in [1.82, 2.24) is 9.97 Å². The number of thiophene rings is 1. The fraction of sp³-hybridized carbons (Fsp3) is 0.333. The van der Waals surface area contributed by atoms with Gasteiger partial charge in [0.2, 0.25) is 0 Å². The van der Waals surface area contributed by atoms with Crippen molar-refractivity contribution >= 4 is 21.6 Å². The van der Waals surface area contributed by atoms with Crippen LogP contribution in [0.5, 0.6) is 0 Å². The first kappa shape index (κ1) is 9.36. The molecule has 0 aliphatic carbocycles. The first-order valence-corrected chi connectivity index (χ1v) is 5.14. The van der Waals surface area contributed by atoms with Gasteiger partial charge in [-0.25, -0.2) is 4.98 Å². The molecule has 3 N–H and O–H groups in total. The summed E-state index contributed by atoms with van der Waals surface area (Å²) >= 11 is 1.54. The number of H-pyrrole nitrogens is 1. The van der Waals surface area contributed by atoms with Crippen LogP contribution in [0, 0.1) is 13.8 Å². The Morgan fingerprint density at radius 3 is 2.86 bits per heavy atom. The predicted molar refractivity (Wildman–Crippen MR) is 57.6 cm³/mol. The van der Waals surface area contributed by atoms with Crippen molar-refractivity contribution in [3.05, 3.63) is 26.6 Å². The Balaban J connectivity index is 2.90. The normalized spacial score (nSPS) is 11.1. The summed E-state index contributed by atoms with van der Waals surface area (Å²) in [6.45, 7) is 4.19. The van der Waals surface area contributed by atoms with Crippen LogP contribution in [0.15, 0.2) is 4.79 Å². The highest BCUT2D eigenvalue weighted by Gasteiger charge is 2.10. The summed E-state index contributed by atoms with van der Waals surface area (Å²) in [5.74, 6) is 0.545. The Morgan fingerprint density at radius 1 is 1.50 bits per heavy atom. The maximum absolute atomic E-state index is 11.6. The molecule has 5 heteroatoms. The number of fused-ring (bicyclic) bond motifs is 1. The third kappa shape index (κ3) is 1.25. The molecule has 0 atom stereocenters. The van der Waals surface area contributed by atoms with Gasteiger partial charge in [0.25, 0.3) is 5.56 Å². The molecule has 2 aromatic rings. The van der Waals surface area contributed by atoms with Gasteiger partial charge in [0.05, 0.1) is 11.9 Å². The van der Waals surface area contributed by atoms with Crippen LogP contribution in [-0.4, -0.2) is 9.97 Å². The Bertz CT molecular complexity index is 541. The van der Waals surface area contributed by atoms with Gasteiger partial charge < -0.3 is 10.7 Å². The Hall–Kier alpha value is -1.20. The molecule has 14 heavy (non-hydrogen) atoms. The largest absolute Gasteiger partial charge is 0.324 e. The molecule has 0 fully saturated rings. The van der Waals surface area contributed by atoms with E-state index in [0.717, 1.165) is 15.3 Å². The number of nitrogens with zero attached hydrogens (tertiary/aromatic N) is 1. The van der Waals surface area contributed by atoms with Crippen LogP contribution in [0.2, 0.25) is 0 Å². The molecular weight excluding hydrogens is 198 g/mol. The van der Waals surface area contributed by atoms with Crippen molar-refractivity contribution in [3.63, 3.8) is 0 Å². The maximum atomic E-state index is 11.6. The average molecular weight is 209 g/mol. The molecule has 74 valence electrons. The molecule has 2 heterocycles. The van der Waals surface area contributed by atoms with Gasteiger partial charge in [-0.3, -0.25) is 4.79 Å². The molecule has 0 unspecified atom stereocenters. The standard InChI is InChI=1S/C9H11N3OS/c1-4-5(2)14-9-7(4)8(13)11-6(3-10)12-9/h3,10H2,1-2H3,(H,11,12,13). The molecule has 0 aromatic carbocycles. The van der Waals surface area contributed by atoms with Crippen LogP contribution in [0.4, 0.5) is 0 Å². The van der Waals surface area contributed by atoms with E-state index in [1.165, 1.54) is 11.3 Å². The minimum Gasteiger partial charge on any atom is -0.324 e. The number of nitrogens with one attached hydrogen (secondary N) is 1. The van der Waals surface area contributed by atoms with Crippen LogP contribution >= 0.6 is 11.3 Å². The molecule has 0 radical (unpaired) electrons. The second-order valence-corrected chi connectivity index (χ2v) is 4.38. The summed E-state index contributed by atoms with van der Waals surface area (Å²) in [6, 6.07) is 0. The lowest BCUT2D eigenvalue weighted by molar-refractivity contribution is 0.915. The zero-order chi connectivity index (χ0) is 10.3. The van der Waals surface area contributed by atoms with Gasteiger partial charge in [0, 0.05) is 4.88 Å². The zero-order valence-corrected chi connectivity index (χ0v) is 8.86. The van der Waals surface area contributed by atoms with E-state index in [2.05, 4.69) is 9.97 Å². The average Bonchev–Trinajstić information content (AvgIpc) is 2.43. The minimum absolute atomic E-state index is 0.0858. The number of aryl methyl sites for hydroxylation is 2. The fourth-order valence-electron chi connectivity index (χ4n) is 1.40. The second kappa shape index (κ2) is 3.18. The van der Waals surface area contributed by atoms with E-state index >= 15 is 0 Å². The monoisotopic (exact) mass is 209 g/mol. The van der Waals surface area contributed by atoms with Gasteiger partial charge in [-0.15, -0.1) is 11.3 Å². The lowest BCUT2D eigenvalue weighted by Crippen LogP contribution is -2.13. The molecule has 0 saturated heterocycles. The topological polar surface area (TPSA) is 71.8 Å². The summed E-state index contributed by atoms with van der Waals surface area (Å²) in [5.41, 5.74) is 6.36. The van der Waals surface area contributed by atoms with E-state index in [4.69, 9.17) is 5.73 Å². The number of hydrogen-bond acceptors (Lipinski definition) is 4. The summed E-state index contributed by atoms with van der Waals surface area (Å²) in [4.78, 5) is 20.5. The van der Waals surface area contributed by atoms with Crippen molar-refractivity contribution in [1.29, 1.82) is 0 Å². The molecule has 2 rings (SSSR count). The van der Waals surface area contributed by atoms with Crippen molar-refractivity contribution < 1.29 is 0 Å². The molecule has 0 aliphatic rings. The number of nitrogens with two attached hydrogens (primary N) is 1. The molecular formula is C9H11N3OS. The van der Waals surface area contributed by atoms with Gasteiger partial charge in [0.15, 0.2) is 0 Å². The van der Waals surface area contributed by atoms with Crippen molar-refractivity contribution in [2.75, 3.05) is 0 Å². The van der Waals surface area contributed by atoms with Crippen molar-refractivity contribution in [2.45, 2.75) is 20.4 Å². The summed E-state index contributed by atoms with van der Waals surface area (Å²) < 4.78 is 0. The van der Waals surface area contributed by atoms with Gasteiger partial charge >= 0.3 is 0 Å². The first-order valence-electron chi connectivity index (χ1n) is 4.32. The molecule has 0 aliphatic heterocycles. The van der Waals surface area contributed by atoms with Crippen LogP contribution in [0.25, 0.3) is 10.2 Å². The van der Waals surface area contributed by atoms with Crippen molar-refractivity contribution in [3.8, 4) is 0 Å². The highest BCUT2D eigenvalue weighted by atomic mass is 32.1. The smallest absolute Gasteiger partial charge is 0.259 e. The van der Waals surface area contributed by atoms with Gasteiger partial charge in [-0.2, -0.15) is 0 Å². The third-order valence-electron chi connectivity index (χ3n) is 2.28. The molecule has 0 saturated carbocycles. The van der Waals surface area contributed by atoms with Crippen molar-refractivity contribution in [2.24, 2.45) is 5.73 Å². The van der Waals surface area contributed by atoms with Crippen LogP contribution in [-0.2, 0) is 6.54 Å².